The predicted molar refractivity (Wildman–Crippen MR) is 155 cm³/mol. The molecule has 0 atom stereocenters. The molecule has 8 nitrogen and oxygen atoms in total. The van der Waals surface area contributed by atoms with Gasteiger partial charge < -0.3 is 18.4 Å². The van der Waals surface area contributed by atoms with Crippen molar-refractivity contribution < 1.29 is 7.65 Å². The van der Waals surface area contributed by atoms with E-state index in [1.54, 1.807) is 18.6 Å². The van der Waals surface area contributed by atoms with Gasteiger partial charge in [-0.15, -0.1) is 0 Å². The molecule has 0 radical (unpaired) electrons. The van der Waals surface area contributed by atoms with Gasteiger partial charge in [0.05, 0.1) is 5.69 Å². The number of benzene rings is 2. The first-order chi connectivity index (χ1) is 18.0. The Bertz CT molecular complexity index is 1370. The molecule has 38 heavy (non-hydrogen) atoms. The van der Waals surface area contributed by atoms with Crippen molar-refractivity contribution in [2.75, 3.05) is 43.9 Å². The maximum Gasteiger partial charge on any atom is 2.00 e. The van der Waals surface area contributed by atoms with Crippen LogP contribution in [0.3, 0.4) is 0 Å². The zero-order valence-electron chi connectivity index (χ0n) is 23.9. The molecule has 1 aliphatic heterocycles. The van der Waals surface area contributed by atoms with Crippen LogP contribution in [0.25, 0.3) is 11.3 Å². The first-order valence-corrected chi connectivity index (χ1v) is 12.5. The summed E-state index contributed by atoms with van der Waals surface area (Å²) in [5.74, 6) is 0.333. The summed E-state index contributed by atoms with van der Waals surface area (Å²) in [5, 5.41) is 6.29. The average Bonchev–Trinajstić information content (AvgIpc) is 2.93. The number of hydrogen-bond donors (Lipinski definition) is 2. The van der Waals surface area contributed by atoms with E-state index in [9.17, 15) is 4.79 Å². The number of hydrogen-bond acceptors (Lipinski definition) is 7. The van der Waals surface area contributed by atoms with E-state index in [0.29, 0.717) is 17.2 Å². The summed E-state index contributed by atoms with van der Waals surface area (Å²) >= 11 is 0. The van der Waals surface area contributed by atoms with Crippen LogP contribution >= 0.6 is 0 Å². The molecule has 0 aliphatic carbocycles. The van der Waals surface area contributed by atoms with Crippen molar-refractivity contribution in [2.45, 2.75) is 13.5 Å². The molecule has 1 amide bonds. The van der Waals surface area contributed by atoms with Gasteiger partial charge in [0.25, 0.3) is 5.91 Å². The average molecular weight is 633 g/mol. The van der Waals surface area contributed by atoms with Crippen molar-refractivity contribution in [1.82, 2.24) is 24.8 Å². The van der Waals surface area contributed by atoms with E-state index < -0.39 is 0 Å². The SMILES string of the molecule is Cc1ccc(NC(=O)c2ccc(CN3CCN(C)CC3)cc2)cc1Nc1nccc(-c2cccnc2)n1.[Ba+2].[H-].[H-]. The molecule has 0 unspecified atom stereocenters. The summed E-state index contributed by atoms with van der Waals surface area (Å²) in [5.41, 5.74) is 6.08. The molecule has 2 aromatic heterocycles. The maximum absolute atomic E-state index is 12.9. The molecule has 9 heteroatoms. The molecule has 5 rings (SSSR count). The summed E-state index contributed by atoms with van der Waals surface area (Å²) in [7, 11) is 2.16. The van der Waals surface area contributed by atoms with Crippen LogP contribution in [0.5, 0.6) is 0 Å². The van der Waals surface area contributed by atoms with Crippen molar-refractivity contribution in [3.05, 3.63) is 95.9 Å². The number of carbonyl (C=O) groups is 1. The van der Waals surface area contributed by atoms with Gasteiger partial charge in [-0.1, -0.05) is 18.2 Å². The molecule has 2 N–H and O–H groups in total. The van der Waals surface area contributed by atoms with Crippen LogP contribution in [-0.2, 0) is 6.54 Å². The maximum atomic E-state index is 12.9. The van der Waals surface area contributed by atoms with Gasteiger partial charge in [0, 0.05) is 73.8 Å². The number of anilines is 3. The fourth-order valence-corrected chi connectivity index (χ4v) is 4.28. The normalized spacial score (nSPS) is 13.9. The third kappa shape index (κ3) is 7.51. The van der Waals surface area contributed by atoms with E-state index in [-0.39, 0.29) is 57.6 Å². The van der Waals surface area contributed by atoms with Crippen molar-refractivity contribution >= 4 is 72.1 Å². The first-order valence-electron chi connectivity index (χ1n) is 12.5. The summed E-state index contributed by atoms with van der Waals surface area (Å²) in [6, 6.07) is 19.3. The van der Waals surface area contributed by atoms with E-state index in [4.69, 9.17) is 0 Å². The molecule has 1 saturated heterocycles. The Morgan fingerprint density at radius 3 is 2.53 bits per heavy atom. The Morgan fingerprint density at radius 2 is 1.79 bits per heavy atom. The Hall–Kier alpha value is -2.57. The number of nitrogens with zero attached hydrogens (tertiary/aromatic N) is 5. The fraction of sp³-hybridized carbons (Fsp3) is 0.241. The Labute approximate surface area is 267 Å². The van der Waals surface area contributed by atoms with E-state index in [1.807, 2.05) is 67.6 Å². The molecule has 3 heterocycles. The molecular formula is C29H33BaN7O. The first kappa shape index (κ1) is 28.4. The third-order valence-electron chi connectivity index (χ3n) is 6.57. The molecule has 4 aromatic rings. The number of amides is 1. The monoisotopic (exact) mass is 633 g/mol. The van der Waals surface area contributed by atoms with Crippen LogP contribution in [0.4, 0.5) is 17.3 Å². The van der Waals surface area contributed by atoms with Crippen molar-refractivity contribution in [2.24, 2.45) is 0 Å². The van der Waals surface area contributed by atoms with Gasteiger partial charge in [-0.2, -0.15) is 0 Å². The third-order valence-corrected chi connectivity index (χ3v) is 6.57. The van der Waals surface area contributed by atoms with Crippen molar-refractivity contribution in [1.29, 1.82) is 0 Å². The smallest absolute Gasteiger partial charge is 1.00 e. The van der Waals surface area contributed by atoms with Crippen LogP contribution in [0.15, 0.2) is 79.3 Å². The summed E-state index contributed by atoms with van der Waals surface area (Å²) in [6.45, 7) is 7.24. The number of carbonyl (C=O) groups excluding carboxylic acids is 1. The van der Waals surface area contributed by atoms with Crippen LogP contribution in [0, 0.1) is 6.92 Å². The zero-order valence-corrected chi connectivity index (χ0v) is 26.3. The predicted octanol–water partition coefficient (Wildman–Crippen LogP) is 4.43. The number of likely N-dealkylation sites (N-methyl/N-ethyl adjacent to an activating group) is 1. The number of rotatable bonds is 7. The summed E-state index contributed by atoms with van der Waals surface area (Å²) in [6.07, 6.45) is 5.22. The quantitative estimate of drug-likeness (QED) is 0.292. The Balaban J connectivity index is 0.00000187. The van der Waals surface area contributed by atoms with Crippen molar-refractivity contribution in [3.8, 4) is 11.3 Å². The second-order valence-corrected chi connectivity index (χ2v) is 9.39. The largest absolute Gasteiger partial charge is 2.00 e. The molecule has 2 aromatic carbocycles. The Kier molecular flexibility index (Phi) is 10.1. The molecule has 0 saturated carbocycles. The molecule has 192 valence electrons. The van der Waals surface area contributed by atoms with Gasteiger partial charge in [-0.3, -0.25) is 14.7 Å². The topological polar surface area (TPSA) is 86.3 Å². The zero-order chi connectivity index (χ0) is 25.6. The molecule has 1 fully saturated rings. The molecule has 0 spiro atoms. The minimum atomic E-state index is -0.143. The standard InChI is InChI=1S/C29H31N7O.Ba.2H/c1-21-5-10-25(18-27(21)34-29-31-13-11-26(33-29)24-4-3-12-30-19-24)32-28(37)23-8-6-22(7-9-23)20-36-16-14-35(2)15-17-36;;;/h3-13,18-19H,14-17,20H2,1-2H3,(H,32,37)(H,31,33,34);;;/q;+2;2*-1. The van der Waals surface area contributed by atoms with Crippen LogP contribution < -0.4 is 10.6 Å². The number of aryl methyl sites for hydroxylation is 1. The van der Waals surface area contributed by atoms with Gasteiger partial charge in [0.1, 0.15) is 0 Å². The number of aromatic nitrogens is 3. The Morgan fingerprint density at radius 1 is 1.00 bits per heavy atom. The van der Waals surface area contributed by atoms with Crippen LogP contribution in [0.2, 0.25) is 0 Å². The number of piperazine rings is 1. The van der Waals surface area contributed by atoms with Gasteiger partial charge >= 0.3 is 48.9 Å². The van der Waals surface area contributed by atoms with E-state index in [1.165, 1.54) is 5.56 Å². The minimum absolute atomic E-state index is 0. The van der Waals surface area contributed by atoms with Gasteiger partial charge in [0.15, 0.2) is 0 Å². The fourth-order valence-electron chi connectivity index (χ4n) is 4.28. The van der Waals surface area contributed by atoms with Gasteiger partial charge in [-0.25, -0.2) is 9.97 Å². The second-order valence-electron chi connectivity index (χ2n) is 9.39. The number of nitrogens with one attached hydrogen (secondary N) is 2. The number of pyridine rings is 1. The minimum Gasteiger partial charge on any atom is -1.00 e. The van der Waals surface area contributed by atoms with E-state index >= 15 is 0 Å². The van der Waals surface area contributed by atoms with Crippen LogP contribution in [-0.4, -0.2) is 113 Å². The molecule has 1 aliphatic rings. The summed E-state index contributed by atoms with van der Waals surface area (Å²) < 4.78 is 0. The van der Waals surface area contributed by atoms with Gasteiger partial charge in [-0.05, 0) is 67.6 Å². The molecular weight excluding hydrogens is 600 g/mol. The van der Waals surface area contributed by atoms with E-state index in [0.717, 1.165) is 55.2 Å². The molecule has 0 bridgehead atoms. The van der Waals surface area contributed by atoms with E-state index in [2.05, 4.69) is 42.4 Å². The van der Waals surface area contributed by atoms with Crippen LogP contribution in [0.1, 0.15) is 24.3 Å². The summed E-state index contributed by atoms with van der Waals surface area (Å²) in [4.78, 5) is 30.9. The van der Waals surface area contributed by atoms with Crippen molar-refractivity contribution in [3.63, 3.8) is 0 Å². The van der Waals surface area contributed by atoms with Gasteiger partial charge in [0.2, 0.25) is 5.95 Å². The second kappa shape index (κ2) is 13.5.